The highest BCUT2D eigenvalue weighted by Gasteiger charge is 2.37. The van der Waals surface area contributed by atoms with Gasteiger partial charge in [-0.25, -0.2) is 4.79 Å². The quantitative estimate of drug-likeness (QED) is 0.147. The van der Waals surface area contributed by atoms with Gasteiger partial charge in [-0.2, -0.15) is 5.26 Å². The number of carbonyl (C=O) groups is 1. The lowest BCUT2D eigenvalue weighted by Crippen LogP contribution is -2.34. The van der Waals surface area contributed by atoms with Crippen molar-refractivity contribution in [1.82, 2.24) is 0 Å². The Balaban J connectivity index is 1.30. The number of carboxylic acid groups (broad SMARTS) is 1. The smallest absolute Gasteiger partial charge is 0.346 e. The minimum atomic E-state index is -1.25. The van der Waals surface area contributed by atoms with Crippen LogP contribution in [0.4, 0.5) is 17.1 Å². The summed E-state index contributed by atoms with van der Waals surface area (Å²) in [5.74, 6) is -0.495. The highest BCUT2D eigenvalue weighted by Crippen LogP contribution is 2.45. The molecule has 0 amide bonds. The normalized spacial score (nSPS) is 15.4. The van der Waals surface area contributed by atoms with Gasteiger partial charge in [-0.15, -0.1) is 0 Å². The van der Waals surface area contributed by atoms with Gasteiger partial charge in [0.05, 0.1) is 0 Å². The summed E-state index contributed by atoms with van der Waals surface area (Å²) in [6, 6.07) is 50.5. The molecule has 220 valence electrons. The number of hydrogen-bond donors (Lipinski definition) is 1. The Bertz CT molecular complexity index is 2110. The van der Waals surface area contributed by atoms with Crippen LogP contribution in [0.2, 0.25) is 0 Å². The predicted octanol–water partition coefficient (Wildman–Crippen LogP) is 9.65. The van der Waals surface area contributed by atoms with Crippen LogP contribution in [0.5, 0.6) is 5.75 Å². The van der Waals surface area contributed by atoms with Crippen molar-refractivity contribution in [3.05, 3.63) is 179 Å². The number of rotatable bonds is 7. The maximum Gasteiger partial charge on any atom is 0.346 e. The molecular formula is C41H28N2O3. The number of carboxylic acids is 1. The Morgan fingerprint density at radius 3 is 1.93 bits per heavy atom. The SMILES string of the molecule is N#C/C(=C\c1ccc(C2(c3ccccc3)C=Cc3c(ccc4cc(N(c5ccccc5)c5ccccc5)ccc34)O2)cc1)C(=O)O. The number of nitriles is 1. The van der Waals surface area contributed by atoms with Crippen molar-refractivity contribution in [2.75, 3.05) is 4.90 Å². The van der Waals surface area contributed by atoms with Crippen LogP contribution in [0, 0.1) is 11.3 Å². The molecule has 0 fully saturated rings. The van der Waals surface area contributed by atoms with E-state index < -0.39 is 11.6 Å². The molecule has 0 aliphatic carbocycles. The van der Waals surface area contributed by atoms with Crippen LogP contribution in [0.3, 0.4) is 0 Å². The maximum absolute atomic E-state index is 11.4. The van der Waals surface area contributed by atoms with Crippen molar-refractivity contribution in [3.8, 4) is 11.8 Å². The molecule has 0 radical (unpaired) electrons. The molecule has 1 unspecified atom stereocenters. The Kier molecular flexibility index (Phi) is 7.38. The van der Waals surface area contributed by atoms with E-state index in [9.17, 15) is 15.2 Å². The van der Waals surface area contributed by atoms with Crippen molar-refractivity contribution < 1.29 is 14.6 Å². The number of aliphatic carboxylic acids is 1. The van der Waals surface area contributed by atoms with Gasteiger partial charge >= 0.3 is 5.97 Å². The van der Waals surface area contributed by atoms with E-state index in [0.717, 1.165) is 50.3 Å². The molecule has 46 heavy (non-hydrogen) atoms. The van der Waals surface area contributed by atoms with Crippen LogP contribution in [-0.2, 0) is 10.4 Å². The molecule has 1 heterocycles. The van der Waals surface area contributed by atoms with Crippen LogP contribution in [0.15, 0.2) is 157 Å². The Morgan fingerprint density at radius 1 is 0.717 bits per heavy atom. The van der Waals surface area contributed by atoms with Gasteiger partial charge in [0.15, 0.2) is 5.60 Å². The molecule has 6 aromatic carbocycles. The molecular weight excluding hydrogens is 568 g/mol. The van der Waals surface area contributed by atoms with E-state index in [1.807, 2.05) is 84.9 Å². The number of benzene rings is 6. The molecule has 1 atom stereocenters. The highest BCUT2D eigenvalue weighted by atomic mass is 16.5. The van der Waals surface area contributed by atoms with Gasteiger partial charge in [0.2, 0.25) is 0 Å². The van der Waals surface area contributed by atoms with E-state index in [4.69, 9.17) is 4.74 Å². The van der Waals surface area contributed by atoms with Gasteiger partial charge in [-0.1, -0.05) is 103 Å². The molecule has 1 aliphatic heterocycles. The summed E-state index contributed by atoms with van der Waals surface area (Å²) in [4.78, 5) is 13.6. The van der Waals surface area contributed by atoms with Crippen LogP contribution in [-0.4, -0.2) is 11.1 Å². The zero-order chi connectivity index (χ0) is 31.5. The summed E-state index contributed by atoms with van der Waals surface area (Å²) in [6.45, 7) is 0. The van der Waals surface area contributed by atoms with Gasteiger partial charge in [0, 0.05) is 33.8 Å². The highest BCUT2D eigenvalue weighted by molar-refractivity contribution is 5.97. The predicted molar refractivity (Wildman–Crippen MR) is 183 cm³/mol. The molecule has 0 spiro atoms. The van der Waals surface area contributed by atoms with Crippen LogP contribution >= 0.6 is 0 Å². The number of fused-ring (bicyclic) bond motifs is 3. The van der Waals surface area contributed by atoms with E-state index in [2.05, 4.69) is 65.6 Å². The van der Waals surface area contributed by atoms with Crippen molar-refractivity contribution in [2.45, 2.75) is 5.60 Å². The van der Waals surface area contributed by atoms with Crippen molar-refractivity contribution in [1.29, 1.82) is 5.26 Å². The molecule has 7 rings (SSSR count). The van der Waals surface area contributed by atoms with Gasteiger partial charge in [-0.3, -0.25) is 0 Å². The third-order valence-corrected chi connectivity index (χ3v) is 8.25. The number of hydrogen-bond acceptors (Lipinski definition) is 4. The minimum absolute atomic E-state index is 0.320. The fourth-order valence-corrected chi connectivity index (χ4v) is 6.03. The van der Waals surface area contributed by atoms with E-state index in [1.165, 1.54) is 6.08 Å². The average molecular weight is 597 g/mol. The van der Waals surface area contributed by atoms with Gasteiger partial charge in [-0.05, 0) is 77.0 Å². The summed E-state index contributed by atoms with van der Waals surface area (Å²) in [5, 5.41) is 20.6. The zero-order valence-electron chi connectivity index (χ0n) is 24.7. The molecule has 5 heteroatoms. The molecule has 5 nitrogen and oxygen atoms in total. The van der Waals surface area contributed by atoms with Gasteiger partial charge < -0.3 is 14.7 Å². The largest absolute Gasteiger partial charge is 0.477 e. The molecule has 6 aromatic rings. The summed E-state index contributed by atoms with van der Waals surface area (Å²) in [6.07, 6.45) is 5.58. The second kappa shape index (κ2) is 12.0. The Hall–Kier alpha value is -6.38. The van der Waals surface area contributed by atoms with E-state index >= 15 is 0 Å². The van der Waals surface area contributed by atoms with Gasteiger partial charge in [0.1, 0.15) is 17.4 Å². The Labute approximate surface area is 267 Å². The molecule has 1 aliphatic rings. The summed E-state index contributed by atoms with van der Waals surface area (Å²) in [5.41, 5.74) is 5.44. The molecule has 0 saturated carbocycles. The first-order valence-electron chi connectivity index (χ1n) is 14.9. The third kappa shape index (κ3) is 5.19. The summed E-state index contributed by atoms with van der Waals surface area (Å²) in [7, 11) is 0. The van der Waals surface area contributed by atoms with Gasteiger partial charge in [0.25, 0.3) is 0 Å². The summed E-state index contributed by atoms with van der Waals surface area (Å²) >= 11 is 0. The first-order chi connectivity index (χ1) is 22.6. The van der Waals surface area contributed by atoms with Crippen molar-refractivity contribution in [3.63, 3.8) is 0 Å². The fourth-order valence-electron chi connectivity index (χ4n) is 6.03. The minimum Gasteiger partial charge on any atom is -0.477 e. The van der Waals surface area contributed by atoms with Crippen molar-refractivity contribution >= 4 is 46.0 Å². The number of para-hydroxylation sites is 2. The lowest BCUT2D eigenvalue weighted by molar-refractivity contribution is -0.132. The molecule has 1 N–H and O–H groups in total. The first-order valence-corrected chi connectivity index (χ1v) is 14.9. The van der Waals surface area contributed by atoms with E-state index in [1.54, 1.807) is 18.2 Å². The van der Waals surface area contributed by atoms with Crippen LogP contribution in [0.1, 0.15) is 22.3 Å². The third-order valence-electron chi connectivity index (χ3n) is 8.25. The fraction of sp³-hybridized carbons (Fsp3) is 0.0244. The lowest BCUT2D eigenvalue weighted by atomic mass is 9.83. The standard InChI is InChI=1S/C41H28N2O3/c42-28-31(40(44)45)26-29-16-19-33(20-17-29)41(32-10-4-1-5-11-32)25-24-38-37-22-21-36(27-30(37)18-23-39(38)46-41)43(34-12-6-2-7-13-34)35-14-8-3-9-15-35/h1-27H,(H,44,45)/b31-26+. The van der Waals surface area contributed by atoms with E-state index in [-0.39, 0.29) is 5.57 Å². The first kappa shape index (κ1) is 28.4. The molecule has 0 aromatic heterocycles. The number of anilines is 3. The van der Waals surface area contributed by atoms with Crippen LogP contribution < -0.4 is 9.64 Å². The molecule has 0 bridgehead atoms. The second-order valence-electron chi connectivity index (χ2n) is 11.0. The number of nitrogens with zero attached hydrogens (tertiary/aromatic N) is 2. The number of ether oxygens (including phenoxy) is 1. The monoisotopic (exact) mass is 596 g/mol. The Morgan fingerprint density at radius 2 is 1.33 bits per heavy atom. The zero-order valence-corrected chi connectivity index (χ0v) is 24.7. The lowest BCUT2D eigenvalue weighted by Gasteiger charge is -2.36. The topological polar surface area (TPSA) is 73.6 Å². The summed E-state index contributed by atoms with van der Waals surface area (Å²) < 4.78 is 6.94. The maximum atomic E-state index is 11.4. The van der Waals surface area contributed by atoms with Crippen molar-refractivity contribution in [2.24, 2.45) is 0 Å². The molecule has 0 saturated heterocycles. The second-order valence-corrected chi connectivity index (χ2v) is 11.0. The van der Waals surface area contributed by atoms with E-state index in [0.29, 0.717) is 5.56 Å². The van der Waals surface area contributed by atoms with Crippen LogP contribution in [0.25, 0.3) is 22.9 Å². The average Bonchev–Trinajstić information content (AvgIpc) is 3.11.